The average Bonchev–Trinajstić information content (AvgIpc) is 2.35. The van der Waals surface area contributed by atoms with E-state index in [1.54, 1.807) is 9.47 Å². The van der Waals surface area contributed by atoms with Gasteiger partial charge in [0, 0.05) is 0 Å². The molecule has 0 fully saturated rings. The van der Waals surface area contributed by atoms with Gasteiger partial charge in [-0.1, -0.05) is 19.8 Å². The van der Waals surface area contributed by atoms with Crippen molar-refractivity contribution in [2.75, 3.05) is 6.54 Å². The Morgan fingerprint density at radius 2 is 1.41 bits per heavy atom. The van der Waals surface area contributed by atoms with Crippen LogP contribution in [-0.2, 0) is 18.5 Å². The minimum absolute atomic E-state index is 0.936. The van der Waals surface area contributed by atoms with Crippen LogP contribution in [0.15, 0.2) is 0 Å². The van der Waals surface area contributed by atoms with E-state index in [2.05, 4.69) is 12.2 Å². The number of unbranched alkanes of at least 4 members (excludes halogenated alkanes) is 9. The minimum atomic E-state index is 0.936. The number of hydrogen-bond donors (Lipinski definition) is 1. The molecule has 0 aromatic heterocycles. The monoisotopic (exact) mass is 358 g/mol. The van der Waals surface area contributed by atoms with Gasteiger partial charge in [-0.25, -0.2) is 0 Å². The van der Waals surface area contributed by atoms with Gasteiger partial charge < -0.3 is 0 Å². The maximum absolute atomic E-state index is 5.08. The third-order valence-electron chi connectivity index (χ3n) is 2.88. The molecular formula is C13H26MoNS2. The summed E-state index contributed by atoms with van der Waals surface area (Å²) in [6, 6.07) is 0. The maximum atomic E-state index is 5.08. The second-order valence-electron chi connectivity index (χ2n) is 4.48. The van der Waals surface area contributed by atoms with Crippen molar-refractivity contribution in [1.29, 1.82) is 0 Å². The molecule has 1 N–H and O–H groups in total. The molecule has 0 spiro atoms. The molecule has 0 unspecified atom stereocenters. The molecule has 0 amide bonds. The van der Waals surface area contributed by atoms with E-state index in [4.69, 9.17) is 12.2 Å². The first-order valence-corrected chi connectivity index (χ1v) is 10.5. The van der Waals surface area contributed by atoms with E-state index in [1.807, 2.05) is 18.5 Å². The molecule has 4 heteroatoms. The molecule has 0 aliphatic carbocycles. The number of thiocarbonyl (C=S) groups is 1. The molecule has 17 heavy (non-hydrogen) atoms. The van der Waals surface area contributed by atoms with Crippen LogP contribution in [0.1, 0.15) is 71.1 Å². The van der Waals surface area contributed by atoms with Crippen LogP contribution in [0.25, 0.3) is 0 Å². The molecule has 0 aliphatic rings. The van der Waals surface area contributed by atoms with E-state index in [0.717, 1.165) is 10.9 Å². The summed E-state index contributed by atoms with van der Waals surface area (Å²) in [5.41, 5.74) is 0. The van der Waals surface area contributed by atoms with Crippen LogP contribution in [0.2, 0.25) is 0 Å². The quantitative estimate of drug-likeness (QED) is 0.319. The van der Waals surface area contributed by atoms with Gasteiger partial charge in [-0.15, -0.1) is 0 Å². The summed E-state index contributed by atoms with van der Waals surface area (Å²) in [6.07, 6.45) is 13.9. The van der Waals surface area contributed by atoms with Gasteiger partial charge in [0.2, 0.25) is 0 Å². The fraction of sp³-hybridized carbons (Fsp3) is 0.923. The second-order valence-corrected chi connectivity index (χ2v) is 6.95. The van der Waals surface area contributed by atoms with Gasteiger partial charge in [-0.3, -0.25) is 0 Å². The van der Waals surface area contributed by atoms with Crippen LogP contribution in [0.4, 0.5) is 0 Å². The molecule has 0 aromatic carbocycles. The van der Waals surface area contributed by atoms with E-state index in [1.165, 1.54) is 64.2 Å². The zero-order valence-corrected chi connectivity index (χ0v) is 14.6. The standard InChI is InChI=1S/C13H27NS2.Mo/c1-2-3-4-5-6-7-8-9-10-11-12-14-13(15)16;/h2-12H2,1H3,(H2,14,15,16);/q;+1/p-1. The zero-order chi connectivity index (χ0) is 12.8. The molecule has 0 rings (SSSR count). The summed E-state index contributed by atoms with van der Waals surface area (Å²) in [5, 5.41) is 3.25. The van der Waals surface area contributed by atoms with Crippen LogP contribution in [0, 0.1) is 0 Å². The van der Waals surface area contributed by atoms with Crippen molar-refractivity contribution < 1.29 is 18.5 Å². The number of hydrogen-bond acceptors (Lipinski definition) is 2. The topological polar surface area (TPSA) is 12.0 Å². The predicted molar refractivity (Wildman–Crippen MR) is 80.0 cm³/mol. The van der Waals surface area contributed by atoms with Gasteiger partial charge in [-0.05, 0) is 0 Å². The molecule has 0 aromatic rings. The summed E-state index contributed by atoms with van der Waals surface area (Å²) in [7, 11) is 1.64. The Bertz CT molecular complexity index is 177. The van der Waals surface area contributed by atoms with Crippen LogP contribution in [0.5, 0.6) is 0 Å². The third kappa shape index (κ3) is 14.9. The third-order valence-corrected chi connectivity index (χ3v) is 5.64. The Labute approximate surface area is 127 Å². The van der Waals surface area contributed by atoms with E-state index in [0.29, 0.717) is 0 Å². The van der Waals surface area contributed by atoms with E-state index in [9.17, 15) is 0 Å². The van der Waals surface area contributed by atoms with Crippen LogP contribution >= 0.6 is 21.7 Å². The molecule has 0 saturated carbocycles. The summed E-state index contributed by atoms with van der Waals surface area (Å²) < 4.78 is 0.936. The Morgan fingerprint density at radius 1 is 0.941 bits per heavy atom. The molecule has 1 nitrogen and oxygen atoms in total. The molecule has 0 aliphatic heterocycles. The molecule has 0 bridgehead atoms. The van der Waals surface area contributed by atoms with Gasteiger partial charge in [0.1, 0.15) is 0 Å². The number of nitrogens with one attached hydrogen (secondary N) is 1. The van der Waals surface area contributed by atoms with Gasteiger partial charge in [0.25, 0.3) is 0 Å². The summed E-state index contributed by atoms with van der Waals surface area (Å²) >= 11 is 7.04. The molecule has 0 atom stereocenters. The van der Waals surface area contributed by atoms with Crippen molar-refractivity contribution in [2.24, 2.45) is 0 Å². The molecule has 101 valence electrons. The summed E-state index contributed by atoms with van der Waals surface area (Å²) in [4.78, 5) is 0. The van der Waals surface area contributed by atoms with Crippen molar-refractivity contribution >= 4 is 26.0 Å². The molecule has 0 heterocycles. The molecule has 0 radical (unpaired) electrons. The van der Waals surface area contributed by atoms with Crippen molar-refractivity contribution in [2.45, 2.75) is 71.1 Å². The van der Waals surface area contributed by atoms with Gasteiger partial charge in [0.15, 0.2) is 0 Å². The summed E-state index contributed by atoms with van der Waals surface area (Å²) in [5.74, 6) is 0. The normalized spacial score (nSPS) is 10.4. The Kier molecular flexibility index (Phi) is 15.8. The van der Waals surface area contributed by atoms with E-state index >= 15 is 0 Å². The first kappa shape index (κ1) is 17.9. The SMILES string of the molecule is CCCCCCCCCCCCNC(=S)[S][Mo]. The first-order chi connectivity index (χ1) is 8.31. The van der Waals surface area contributed by atoms with Gasteiger partial charge >= 0.3 is 108 Å². The zero-order valence-electron chi connectivity index (χ0n) is 11.0. The molecule has 0 saturated heterocycles. The van der Waals surface area contributed by atoms with Gasteiger partial charge in [-0.2, -0.15) is 0 Å². The van der Waals surface area contributed by atoms with Crippen molar-refractivity contribution in [1.82, 2.24) is 5.32 Å². The predicted octanol–water partition coefficient (Wildman–Crippen LogP) is 4.98. The van der Waals surface area contributed by atoms with Crippen LogP contribution in [0.3, 0.4) is 0 Å². The number of rotatable bonds is 11. The first-order valence-electron chi connectivity index (χ1n) is 6.89. The fourth-order valence-electron chi connectivity index (χ4n) is 1.83. The Balaban J connectivity index is 2.96. The van der Waals surface area contributed by atoms with Gasteiger partial charge in [0.05, 0.1) is 0 Å². The second kappa shape index (κ2) is 15.0. The summed E-state index contributed by atoms with van der Waals surface area (Å²) in [6.45, 7) is 3.33. The van der Waals surface area contributed by atoms with E-state index < -0.39 is 0 Å². The van der Waals surface area contributed by atoms with Crippen molar-refractivity contribution in [3.8, 4) is 0 Å². The Morgan fingerprint density at radius 3 is 1.88 bits per heavy atom. The van der Waals surface area contributed by atoms with Crippen molar-refractivity contribution in [3.05, 3.63) is 0 Å². The Hall–Kier alpha value is 0.928. The van der Waals surface area contributed by atoms with Crippen molar-refractivity contribution in [3.63, 3.8) is 0 Å². The average molecular weight is 356 g/mol. The van der Waals surface area contributed by atoms with Crippen LogP contribution in [-0.4, -0.2) is 10.9 Å². The van der Waals surface area contributed by atoms with Crippen LogP contribution < -0.4 is 5.32 Å². The molecular weight excluding hydrogens is 330 g/mol. The fourth-order valence-corrected chi connectivity index (χ4v) is 2.53. The van der Waals surface area contributed by atoms with E-state index in [-0.39, 0.29) is 0 Å².